The summed E-state index contributed by atoms with van der Waals surface area (Å²) in [6.45, 7) is 14.1. The van der Waals surface area contributed by atoms with Crippen molar-refractivity contribution in [3.05, 3.63) is 71.5 Å². The minimum absolute atomic E-state index is 0.838. The minimum atomic E-state index is 0.838. The summed E-state index contributed by atoms with van der Waals surface area (Å²) >= 11 is 0. The number of benzene rings is 1. The highest BCUT2D eigenvalue weighted by molar-refractivity contribution is 5.55. The maximum absolute atomic E-state index is 4.13. The van der Waals surface area contributed by atoms with Crippen LogP contribution in [0.25, 0.3) is 0 Å². The lowest BCUT2D eigenvalue weighted by Crippen LogP contribution is -1.95. The summed E-state index contributed by atoms with van der Waals surface area (Å²) in [6, 6.07) is 6.50. The van der Waals surface area contributed by atoms with Crippen LogP contribution < -0.4 is 0 Å². The first kappa shape index (κ1) is 14.2. The Bertz CT molecular complexity index is 504. The molecule has 0 amide bonds. The quantitative estimate of drug-likeness (QED) is 0.527. The lowest BCUT2D eigenvalue weighted by atomic mass is 9.96. The maximum Gasteiger partial charge on any atom is 0.0338 e. The molecule has 0 aliphatic carbocycles. The van der Waals surface area contributed by atoms with Gasteiger partial charge in [-0.1, -0.05) is 43.0 Å². The summed E-state index contributed by atoms with van der Waals surface area (Å²) in [7, 11) is 0. The van der Waals surface area contributed by atoms with Gasteiger partial charge < -0.3 is 0 Å². The van der Waals surface area contributed by atoms with E-state index in [1.54, 1.807) is 18.5 Å². The molecule has 0 aromatic heterocycles. The zero-order valence-corrected chi connectivity index (χ0v) is 11.5. The van der Waals surface area contributed by atoms with E-state index in [1.165, 1.54) is 16.7 Å². The van der Waals surface area contributed by atoms with Crippen LogP contribution in [-0.4, -0.2) is 6.21 Å². The second kappa shape index (κ2) is 6.75. The van der Waals surface area contributed by atoms with Crippen molar-refractivity contribution in [1.82, 2.24) is 0 Å². The van der Waals surface area contributed by atoms with Crippen molar-refractivity contribution in [3.8, 4) is 0 Å². The first-order chi connectivity index (χ1) is 8.58. The van der Waals surface area contributed by atoms with Gasteiger partial charge in [-0.3, -0.25) is 4.99 Å². The Morgan fingerprint density at radius 3 is 2.67 bits per heavy atom. The van der Waals surface area contributed by atoms with E-state index < -0.39 is 0 Å². The molecule has 0 bridgehead atoms. The summed E-state index contributed by atoms with van der Waals surface area (Å²) in [5.41, 5.74) is 5.93. The Morgan fingerprint density at radius 1 is 1.33 bits per heavy atom. The zero-order chi connectivity index (χ0) is 13.5. The van der Waals surface area contributed by atoms with Crippen LogP contribution in [0.5, 0.6) is 0 Å². The van der Waals surface area contributed by atoms with Crippen molar-refractivity contribution in [2.45, 2.75) is 27.2 Å². The minimum Gasteiger partial charge on any atom is -0.269 e. The fourth-order valence-electron chi connectivity index (χ4n) is 1.77. The van der Waals surface area contributed by atoms with Crippen LogP contribution in [-0.2, 0) is 6.42 Å². The fourth-order valence-corrected chi connectivity index (χ4v) is 1.77. The summed E-state index contributed by atoms with van der Waals surface area (Å²) in [6.07, 6.45) is 6.21. The number of rotatable bonds is 5. The molecule has 1 nitrogen and oxygen atoms in total. The van der Waals surface area contributed by atoms with E-state index in [9.17, 15) is 0 Å². The Balaban J connectivity index is 2.93. The third kappa shape index (κ3) is 3.85. The van der Waals surface area contributed by atoms with Gasteiger partial charge in [0.1, 0.15) is 0 Å². The van der Waals surface area contributed by atoms with Crippen LogP contribution in [0.2, 0.25) is 0 Å². The molecule has 0 saturated heterocycles. The first-order valence-electron chi connectivity index (χ1n) is 6.13. The average Bonchev–Trinajstić information content (AvgIpc) is 2.35. The Kier molecular flexibility index (Phi) is 5.31. The van der Waals surface area contributed by atoms with Crippen LogP contribution in [0, 0.1) is 13.8 Å². The third-order valence-corrected chi connectivity index (χ3v) is 2.90. The molecule has 0 spiro atoms. The van der Waals surface area contributed by atoms with Crippen LogP contribution in [0.15, 0.2) is 59.8 Å². The molecule has 18 heavy (non-hydrogen) atoms. The molecule has 0 fully saturated rings. The Hall–Kier alpha value is -1.89. The molecule has 0 aliphatic heterocycles. The molecule has 94 valence electrons. The van der Waals surface area contributed by atoms with E-state index in [1.807, 2.05) is 6.92 Å². The van der Waals surface area contributed by atoms with E-state index in [4.69, 9.17) is 0 Å². The summed E-state index contributed by atoms with van der Waals surface area (Å²) in [4.78, 5) is 4.13. The van der Waals surface area contributed by atoms with Gasteiger partial charge in [0.05, 0.1) is 0 Å². The third-order valence-electron chi connectivity index (χ3n) is 2.90. The van der Waals surface area contributed by atoms with Gasteiger partial charge in [-0.25, -0.2) is 0 Å². The van der Waals surface area contributed by atoms with Crippen molar-refractivity contribution in [2.24, 2.45) is 4.99 Å². The normalized spacial score (nSPS) is 11.8. The van der Waals surface area contributed by atoms with Gasteiger partial charge in [-0.05, 0) is 49.5 Å². The van der Waals surface area contributed by atoms with Crippen molar-refractivity contribution in [3.63, 3.8) is 0 Å². The van der Waals surface area contributed by atoms with Crippen molar-refractivity contribution < 1.29 is 0 Å². The van der Waals surface area contributed by atoms with Crippen molar-refractivity contribution in [1.29, 1.82) is 0 Å². The molecule has 1 aromatic carbocycles. The van der Waals surface area contributed by atoms with Gasteiger partial charge in [0, 0.05) is 12.4 Å². The highest BCUT2D eigenvalue weighted by Crippen LogP contribution is 2.19. The highest BCUT2D eigenvalue weighted by Gasteiger charge is 2.04. The predicted molar refractivity (Wildman–Crippen MR) is 81.2 cm³/mol. The van der Waals surface area contributed by atoms with Gasteiger partial charge in [0.15, 0.2) is 0 Å². The number of aliphatic imine (C=N–C) groups is 1. The summed E-state index contributed by atoms with van der Waals surface area (Å²) in [5, 5.41) is 0. The van der Waals surface area contributed by atoms with Gasteiger partial charge in [0.25, 0.3) is 0 Å². The SMILES string of the molecule is C=C/C(=C\N=C/C)C(=C)Cc1cc(C)ccc1C. The molecular formula is C17H21N. The highest BCUT2D eigenvalue weighted by atomic mass is 14.7. The van der Waals surface area contributed by atoms with Gasteiger partial charge in [-0.15, -0.1) is 0 Å². The number of hydrogen-bond donors (Lipinski definition) is 0. The predicted octanol–water partition coefficient (Wildman–Crippen LogP) is 4.56. The van der Waals surface area contributed by atoms with E-state index in [0.29, 0.717) is 0 Å². The first-order valence-corrected chi connectivity index (χ1v) is 6.13. The lowest BCUT2D eigenvalue weighted by Gasteiger charge is -2.10. The second-order valence-electron chi connectivity index (χ2n) is 4.41. The number of hydrogen-bond acceptors (Lipinski definition) is 1. The molecule has 1 rings (SSSR count). The monoisotopic (exact) mass is 239 g/mol. The van der Waals surface area contributed by atoms with E-state index >= 15 is 0 Å². The van der Waals surface area contributed by atoms with E-state index in [-0.39, 0.29) is 0 Å². The Morgan fingerprint density at radius 2 is 2.06 bits per heavy atom. The molecule has 0 radical (unpaired) electrons. The number of allylic oxidation sites excluding steroid dienone is 3. The summed E-state index contributed by atoms with van der Waals surface area (Å²) in [5.74, 6) is 0. The van der Waals surface area contributed by atoms with Gasteiger partial charge in [0.2, 0.25) is 0 Å². The van der Waals surface area contributed by atoms with Crippen LogP contribution in [0.3, 0.4) is 0 Å². The second-order valence-corrected chi connectivity index (χ2v) is 4.41. The smallest absolute Gasteiger partial charge is 0.0338 e. The summed E-state index contributed by atoms with van der Waals surface area (Å²) < 4.78 is 0. The Labute approximate surface area is 110 Å². The lowest BCUT2D eigenvalue weighted by molar-refractivity contribution is 1.13. The standard InChI is InChI=1S/C17H21N/c1-6-16(12-18-7-2)15(5)11-17-10-13(3)8-9-14(17)4/h6-10,12H,1,5,11H2,2-4H3/b16-12+,18-7-. The molecule has 0 heterocycles. The largest absolute Gasteiger partial charge is 0.269 e. The molecule has 1 aromatic rings. The van der Waals surface area contributed by atoms with E-state index in [0.717, 1.165) is 17.6 Å². The molecule has 0 aliphatic rings. The topological polar surface area (TPSA) is 12.4 Å². The van der Waals surface area contributed by atoms with Crippen LogP contribution >= 0.6 is 0 Å². The molecule has 0 N–H and O–H groups in total. The molecular weight excluding hydrogens is 218 g/mol. The molecule has 1 heteroatoms. The zero-order valence-electron chi connectivity index (χ0n) is 11.5. The van der Waals surface area contributed by atoms with Gasteiger partial charge in [-0.2, -0.15) is 0 Å². The average molecular weight is 239 g/mol. The van der Waals surface area contributed by atoms with Crippen molar-refractivity contribution in [2.75, 3.05) is 0 Å². The van der Waals surface area contributed by atoms with Crippen molar-refractivity contribution >= 4 is 6.21 Å². The molecule has 0 unspecified atom stereocenters. The number of nitrogens with zero attached hydrogens (tertiary/aromatic N) is 1. The molecule has 0 saturated carbocycles. The number of aryl methyl sites for hydroxylation is 2. The molecule has 0 atom stereocenters. The fraction of sp³-hybridized carbons (Fsp3) is 0.235. The van der Waals surface area contributed by atoms with Gasteiger partial charge >= 0.3 is 0 Å². The van der Waals surface area contributed by atoms with Crippen LogP contribution in [0.4, 0.5) is 0 Å². The van der Waals surface area contributed by atoms with E-state index in [2.05, 4.69) is 50.2 Å². The maximum atomic E-state index is 4.13. The van der Waals surface area contributed by atoms with Crippen LogP contribution in [0.1, 0.15) is 23.6 Å².